The van der Waals surface area contributed by atoms with E-state index in [9.17, 15) is 9.59 Å². The number of hydrogen-bond donors (Lipinski definition) is 2. The number of nitrogens with two attached hydrogens (primary N) is 1. The van der Waals surface area contributed by atoms with Crippen LogP contribution in [0.2, 0.25) is 0 Å². The van der Waals surface area contributed by atoms with Crippen molar-refractivity contribution < 1.29 is 9.59 Å². The van der Waals surface area contributed by atoms with Gasteiger partial charge in [0.2, 0.25) is 0 Å². The average Bonchev–Trinajstić information content (AvgIpc) is 3.50. The van der Waals surface area contributed by atoms with Gasteiger partial charge in [0.05, 0.1) is 6.04 Å². The first-order valence-electron chi connectivity index (χ1n) is 11.7. The fraction of sp³-hybridized carbons (Fsp3) is 0.222. The lowest BCUT2D eigenvalue weighted by Crippen LogP contribution is -2.30. The quantitative estimate of drug-likeness (QED) is 0.432. The standard InChI is InChI=1S/C27H25N7O2/c1-3-7-22(35)33-14-6-8-20(33)26-32-23(24-25(28)30-13-15-34(24)26)18-10-11-19(17(2)16-18)27(36)31-21-9-4-5-12-29-21/h4-5,9-13,15-16,20H,6,8,14H2,1-2H3,(H2,28,30)(H,29,31,36)/t20-/m0/s1. The number of imidazole rings is 1. The van der Waals surface area contributed by atoms with Crippen molar-refractivity contribution in [2.45, 2.75) is 32.7 Å². The lowest BCUT2D eigenvalue weighted by Gasteiger charge is -2.21. The first-order valence-corrected chi connectivity index (χ1v) is 11.7. The van der Waals surface area contributed by atoms with Crippen LogP contribution in [-0.2, 0) is 4.79 Å². The normalized spacial score (nSPS) is 14.9. The number of nitrogen functional groups attached to an aromatic ring is 1. The molecular weight excluding hydrogens is 454 g/mol. The summed E-state index contributed by atoms with van der Waals surface area (Å²) in [5, 5.41) is 2.82. The number of rotatable bonds is 4. The maximum absolute atomic E-state index is 12.8. The molecule has 1 aliphatic rings. The van der Waals surface area contributed by atoms with E-state index in [0.717, 1.165) is 24.0 Å². The number of nitrogens with one attached hydrogen (secondary N) is 1. The highest BCUT2D eigenvalue weighted by molar-refractivity contribution is 6.05. The first kappa shape index (κ1) is 23.1. The van der Waals surface area contributed by atoms with Gasteiger partial charge in [-0.2, -0.15) is 0 Å². The van der Waals surface area contributed by atoms with Gasteiger partial charge in [0.1, 0.15) is 28.7 Å². The Morgan fingerprint density at radius 2 is 2.03 bits per heavy atom. The molecule has 4 heterocycles. The number of pyridine rings is 1. The zero-order valence-corrected chi connectivity index (χ0v) is 20.0. The van der Waals surface area contributed by atoms with Gasteiger partial charge in [0.15, 0.2) is 0 Å². The van der Waals surface area contributed by atoms with E-state index in [-0.39, 0.29) is 17.9 Å². The molecule has 0 unspecified atom stereocenters. The Balaban J connectivity index is 1.54. The molecule has 1 aliphatic heterocycles. The highest BCUT2D eigenvalue weighted by atomic mass is 16.2. The molecule has 3 aromatic heterocycles. The van der Waals surface area contributed by atoms with E-state index in [1.54, 1.807) is 42.4 Å². The second-order valence-corrected chi connectivity index (χ2v) is 8.58. The number of aromatic nitrogens is 4. The van der Waals surface area contributed by atoms with Crippen molar-refractivity contribution in [3.8, 4) is 23.1 Å². The van der Waals surface area contributed by atoms with Gasteiger partial charge in [-0.05, 0) is 62.4 Å². The minimum Gasteiger partial charge on any atom is -0.382 e. The number of hydrogen-bond acceptors (Lipinski definition) is 6. The van der Waals surface area contributed by atoms with Crippen LogP contribution in [-0.4, -0.2) is 42.6 Å². The molecule has 0 radical (unpaired) electrons. The first-order chi connectivity index (χ1) is 17.5. The molecule has 180 valence electrons. The number of amides is 2. The van der Waals surface area contributed by atoms with Gasteiger partial charge in [-0.1, -0.05) is 18.1 Å². The maximum Gasteiger partial charge on any atom is 0.299 e. The van der Waals surface area contributed by atoms with Crippen molar-refractivity contribution in [3.63, 3.8) is 0 Å². The summed E-state index contributed by atoms with van der Waals surface area (Å²) in [5.74, 6) is 6.43. The lowest BCUT2D eigenvalue weighted by molar-refractivity contribution is -0.126. The van der Waals surface area contributed by atoms with Crippen molar-refractivity contribution in [1.29, 1.82) is 0 Å². The van der Waals surface area contributed by atoms with E-state index < -0.39 is 0 Å². The predicted molar refractivity (Wildman–Crippen MR) is 137 cm³/mol. The number of carbonyl (C=O) groups excluding carboxylic acids is 2. The Hall–Kier alpha value is -4.71. The van der Waals surface area contributed by atoms with E-state index in [1.807, 2.05) is 35.7 Å². The molecule has 3 N–H and O–H groups in total. The van der Waals surface area contributed by atoms with Gasteiger partial charge in [-0.3, -0.25) is 14.0 Å². The zero-order valence-electron chi connectivity index (χ0n) is 20.0. The topological polar surface area (TPSA) is 119 Å². The Morgan fingerprint density at radius 3 is 2.78 bits per heavy atom. The van der Waals surface area contributed by atoms with Gasteiger partial charge in [0, 0.05) is 36.3 Å². The fourth-order valence-corrected chi connectivity index (χ4v) is 4.67. The van der Waals surface area contributed by atoms with Gasteiger partial charge in [0.25, 0.3) is 11.8 Å². The number of nitrogens with zero attached hydrogens (tertiary/aromatic N) is 5. The second kappa shape index (κ2) is 9.50. The summed E-state index contributed by atoms with van der Waals surface area (Å²) in [6.45, 7) is 4.15. The van der Waals surface area contributed by atoms with Gasteiger partial charge in [-0.15, -0.1) is 0 Å². The van der Waals surface area contributed by atoms with E-state index in [0.29, 0.717) is 40.8 Å². The smallest absolute Gasteiger partial charge is 0.299 e. The molecule has 4 aromatic rings. The molecule has 5 rings (SSSR count). The third-order valence-electron chi connectivity index (χ3n) is 6.30. The Labute approximate surface area is 208 Å². The van der Waals surface area contributed by atoms with Gasteiger partial charge >= 0.3 is 0 Å². The molecule has 1 atom stereocenters. The Morgan fingerprint density at radius 1 is 1.17 bits per heavy atom. The van der Waals surface area contributed by atoms with Crippen molar-refractivity contribution in [1.82, 2.24) is 24.3 Å². The van der Waals surface area contributed by atoms with Crippen LogP contribution in [0.3, 0.4) is 0 Å². The summed E-state index contributed by atoms with van der Waals surface area (Å²) in [6, 6.07) is 10.6. The molecule has 1 saturated heterocycles. The van der Waals surface area contributed by atoms with Crippen LogP contribution in [0.1, 0.15) is 47.6 Å². The van der Waals surface area contributed by atoms with E-state index >= 15 is 0 Å². The summed E-state index contributed by atoms with van der Waals surface area (Å²) in [5.41, 5.74) is 9.73. The van der Waals surface area contributed by atoms with Crippen LogP contribution in [0.15, 0.2) is 55.0 Å². The number of benzene rings is 1. The van der Waals surface area contributed by atoms with E-state index in [2.05, 4.69) is 27.1 Å². The molecule has 0 spiro atoms. The minimum atomic E-state index is -0.244. The average molecular weight is 480 g/mol. The van der Waals surface area contributed by atoms with Crippen molar-refractivity contribution in [2.24, 2.45) is 0 Å². The molecule has 0 aliphatic carbocycles. The highest BCUT2D eigenvalue weighted by Crippen LogP contribution is 2.36. The van der Waals surface area contributed by atoms with Crippen LogP contribution in [0.4, 0.5) is 11.6 Å². The Bertz CT molecular complexity index is 1530. The number of likely N-dealkylation sites (tertiary alicyclic amines) is 1. The molecule has 36 heavy (non-hydrogen) atoms. The third kappa shape index (κ3) is 4.14. The van der Waals surface area contributed by atoms with Crippen LogP contribution in [0.25, 0.3) is 16.8 Å². The largest absolute Gasteiger partial charge is 0.382 e. The maximum atomic E-state index is 12.8. The second-order valence-electron chi connectivity index (χ2n) is 8.58. The van der Waals surface area contributed by atoms with Gasteiger partial charge < -0.3 is 16.0 Å². The molecule has 9 nitrogen and oxygen atoms in total. The highest BCUT2D eigenvalue weighted by Gasteiger charge is 2.33. The zero-order chi connectivity index (χ0) is 25.2. The molecule has 1 aromatic carbocycles. The summed E-state index contributed by atoms with van der Waals surface area (Å²) in [7, 11) is 0. The van der Waals surface area contributed by atoms with Crippen molar-refractivity contribution in [3.05, 3.63) is 71.9 Å². The van der Waals surface area contributed by atoms with E-state index in [4.69, 9.17) is 10.7 Å². The molecule has 9 heteroatoms. The lowest BCUT2D eigenvalue weighted by atomic mass is 10.0. The SMILES string of the molecule is CC#CC(=O)N1CCC[C@H]1c1nc(-c2ccc(C(=O)Nc3ccccn3)c(C)c2)c2c(N)nccn12. The van der Waals surface area contributed by atoms with Crippen molar-refractivity contribution >= 4 is 29.0 Å². The molecule has 1 fully saturated rings. The summed E-state index contributed by atoms with van der Waals surface area (Å²) in [6.07, 6.45) is 6.71. The molecule has 2 amide bonds. The third-order valence-corrected chi connectivity index (χ3v) is 6.30. The Kier molecular flexibility index (Phi) is 6.09. The van der Waals surface area contributed by atoms with Crippen LogP contribution >= 0.6 is 0 Å². The van der Waals surface area contributed by atoms with Crippen LogP contribution in [0.5, 0.6) is 0 Å². The summed E-state index contributed by atoms with van der Waals surface area (Å²) >= 11 is 0. The monoisotopic (exact) mass is 479 g/mol. The minimum absolute atomic E-state index is 0.209. The molecule has 0 bridgehead atoms. The van der Waals surface area contributed by atoms with Gasteiger partial charge in [-0.25, -0.2) is 15.0 Å². The fourth-order valence-electron chi connectivity index (χ4n) is 4.67. The van der Waals surface area contributed by atoms with Crippen LogP contribution in [0, 0.1) is 18.8 Å². The number of carbonyl (C=O) groups is 2. The molecular formula is C27H25N7O2. The van der Waals surface area contributed by atoms with Crippen molar-refractivity contribution in [2.75, 3.05) is 17.6 Å². The number of aryl methyl sites for hydroxylation is 1. The molecule has 0 saturated carbocycles. The van der Waals surface area contributed by atoms with Crippen LogP contribution < -0.4 is 11.1 Å². The predicted octanol–water partition coefficient (Wildman–Crippen LogP) is 3.62. The number of anilines is 2. The summed E-state index contributed by atoms with van der Waals surface area (Å²) in [4.78, 5) is 40.6. The summed E-state index contributed by atoms with van der Waals surface area (Å²) < 4.78 is 1.91. The van der Waals surface area contributed by atoms with E-state index in [1.165, 1.54) is 0 Å². The number of fused-ring (bicyclic) bond motifs is 1.